The van der Waals surface area contributed by atoms with Gasteiger partial charge in [-0.05, 0) is 54.8 Å². The molecule has 0 saturated carbocycles. The zero-order chi connectivity index (χ0) is 19.6. The predicted molar refractivity (Wildman–Crippen MR) is 106 cm³/mol. The standard InChI is InChI=1S/C22H21FN2O2S/c23-18-11-13-20(14-12-18)28(26,27)25-15-5-10-22(25)21-9-4-8-19(24-21)16-17-6-2-1-3-7-17/h1-4,6-9,11-14,22H,5,10,15-16H2/t22-/m0/s1. The zero-order valence-corrected chi connectivity index (χ0v) is 16.1. The van der Waals surface area contributed by atoms with Crippen LogP contribution in [-0.4, -0.2) is 24.3 Å². The molecule has 4 rings (SSSR count). The number of hydrogen-bond donors (Lipinski definition) is 0. The summed E-state index contributed by atoms with van der Waals surface area (Å²) >= 11 is 0. The summed E-state index contributed by atoms with van der Waals surface area (Å²) in [5, 5.41) is 0. The molecule has 0 amide bonds. The van der Waals surface area contributed by atoms with Gasteiger partial charge in [-0.2, -0.15) is 4.31 Å². The lowest BCUT2D eigenvalue weighted by Gasteiger charge is -2.24. The number of pyridine rings is 1. The second-order valence-electron chi connectivity index (χ2n) is 6.94. The number of hydrogen-bond acceptors (Lipinski definition) is 3. The van der Waals surface area contributed by atoms with Crippen molar-refractivity contribution in [3.63, 3.8) is 0 Å². The first-order valence-corrected chi connectivity index (χ1v) is 10.8. The fourth-order valence-corrected chi connectivity index (χ4v) is 5.32. The van der Waals surface area contributed by atoms with E-state index in [0.717, 1.165) is 29.8 Å². The fraction of sp³-hybridized carbons (Fsp3) is 0.227. The molecule has 2 heterocycles. The fourth-order valence-electron chi connectivity index (χ4n) is 3.65. The van der Waals surface area contributed by atoms with E-state index in [2.05, 4.69) is 12.1 Å². The van der Waals surface area contributed by atoms with Crippen molar-refractivity contribution in [2.45, 2.75) is 30.2 Å². The van der Waals surface area contributed by atoms with Crippen molar-refractivity contribution in [3.8, 4) is 0 Å². The monoisotopic (exact) mass is 396 g/mol. The predicted octanol–water partition coefficient (Wildman–Crippen LogP) is 4.34. The summed E-state index contributed by atoms with van der Waals surface area (Å²) < 4.78 is 40.9. The molecule has 6 heteroatoms. The molecule has 144 valence electrons. The third-order valence-electron chi connectivity index (χ3n) is 5.02. The Morgan fingerprint density at radius 2 is 1.71 bits per heavy atom. The van der Waals surface area contributed by atoms with Crippen molar-refractivity contribution >= 4 is 10.0 Å². The molecule has 28 heavy (non-hydrogen) atoms. The second-order valence-corrected chi connectivity index (χ2v) is 8.83. The molecule has 2 aromatic carbocycles. The first-order chi connectivity index (χ1) is 13.5. The number of aromatic nitrogens is 1. The van der Waals surface area contributed by atoms with E-state index in [1.165, 1.54) is 28.6 Å². The summed E-state index contributed by atoms with van der Waals surface area (Å²) in [5.41, 5.74) is 2.83. The Morgan fingerprint density at radius 3 is 2.46 bits per heavy atom. The van der Waals surface area contributed by atoms with Gasteiger partial charge in [0.05, 0.1) is 16.6 Å². The summed E-state index contributed by atoms with van der Waals surface area (Å²) in [4.78, 5) is 4.87. The quantitative estimate of drug-likeness (QED) is 0.645. The van der Waals surface area contributed by atoms with E-state index in [1.807, 2.05) is 36.4 Å². The van der Waals surface area contributed by atoms with Crippen LogP contribution in [0.15, 0.2) is 77.7 Å². The van der Waals surface area contributed by atoms with Gasteiger partial charge in [0.15, 0.2) is 0 Å². The Hall–Kier alpha value is -2.57. The first kappa shape index (κ1) is 18.8. The molecule has 0 unspecified atom stereocenters. The van der Waals surface area contributed by atoms with Crippen molar-refractivity contribution in [2.75, 3.05) is 6.54 Å². The first-order valence-electron chi connectivity index (χ1n) is 9.31. The number of sulfonamides is 1. The van der Waals surface area contributed by atoms with Crippen LogP contribution in [-0.2, 0) is 16.4 Å². The highest BCUT2D eigenvalue weighted by Gasteiger charge is 2.37. The summed E-state index contributed by atoms with van der Waals surface area (Å²) in [5.74, 6) is -0.452. The molecule has 1 saturated heterocycles. The molecule has 1 atom stereocenters. The van der Waals surface area contributed by atoms with Crippen molar-refractivity contribution in [2.24, 2.45) is 0 Å². The van der Waals surface area contributed by atoms with Crippen molar-refractivity contribution in [1.29, 1.82) is 0 Å². The zero-order valence-electron chi connectivity index (χ0n) is 15.3. The molecule has 1 fully saturated rings. The van der Waals surface area contributed by atoms with Gasteiger partial charge < -0.3 is 0 Å². The van der Waals surface area contributed by atoms with Crippen molar-refractivity contribution < 1.29 is 12.8 Å². The Balaban J connectivity index is 1.61. The summed E-state index contributed by atoms with van der Waals surface area (Å²) in [6, 6.07) is 20.5. The molecule has 0 radical (unpaired) electrons. The highest BCUT2D eigenvalue weighted by molar-refractivity contribution is 7.89. The molecule has 0 N–H and O–H groups in total. The van der Waals surface area contributed by atoms with Crippen LogP contribution < -0.4 is 0 Å². The second kappa shape index (κ2) is 7.81. The van der Waals surface area contributed by atoms with E-state index in [0.29, 0.717) is 13.0 Å². The molecule has 3 aromatic rings. The van der Waals surface area contributed by atoms with Gasteiger partial charge in [-0.1, -0.05) is 36.4 Å². The molecular formula is C22H21FN2O2S. The van der Waals surface area contributed by atoms with Crippen LogP contribution in [0.25, 0.3) is 0 Å². The van der Waals surface area contributed by atoms with Gasteiger partial charge in [0.2, 0.25) is 10.0 Å². The molecule has 1 aromatic heterocycles. The average Bonchev–Trinajstić information content (AvgIpc) is 3.20. The molecule has 0 spiro atoms. The number of benzene rings is 2. The Kier molecular flexibility index (Phi) is 5.24. The summed E-state index contributed by atoms with van der Waals surface area (Å²) in [6.07, 6.45) is 2.20. The highest BCUT2D eigenvalue weighted by atomic mass is 32.2. The lowest BCUT2D eigenvalue weighted by Crippen LogP contribution is -2.31. The maximum absolute atomic E-state index is 13.2. The van der Waals surface area contributed by atoms with Crippen LogP contribution in [0, 0.1) is 5.82 Å². The normalized spacial score (nSPS) is 17.7. The molecule has 1 aliphatic heterocycles. The molecular weight excluding hydrogens is 375 g/mol. The van der Waals surface area contributed by atoms with E-state index >= 15 is 0 Å². The van der Waals surface area contributed by atoms with Crippen LogP contribution in [0.3, 0.4) is 0 Å². The van der Waals surface area contributed by atoms with Crippen LogP contribution in [0.2, 0.25) is 0 Å². The third kappa shape index (κ3) is 3.84. The largest absolute Gasteiger partial charge is 0.256 e. The minimum atomic E-state index is -3.70. The molecule has 4 nitrogen and oxygen atoms in total. The van der Waals surface area contributed by atoms with Crippen molar-refractivity contribution in [1.82, 2.24) is 9.29 Å². The number of halogens is 1. The van der Waals surface area contributed by atoms with Crippen LogP contribution in [0.5, 0.6) is 0 Å². The highest BCUT2D eigenvalue weighted by Crippen LogP contribution is 2.35. The smallest absolute Gasteiger partial charge is 0.243 e. The van der Waals surface area contributed by atoms with Gasteiger partial charge in [-0.25, -0.2) is 12.8 Å². The molecule has 0 bridgehead atoms. The van der Waals surface area contributed by atoms with E-state index in [-0.39, 0.29) is 10.9 Å². The minimum Gasteiger partial charge on any atom is -0.256 e. The number of rotatable bonds is 5. The molecule has 1 aliphatic rings. The molecule has 0 aliphatic carbocycles. The van der Waals surface area contributed by atoms with Crippen molar-refractivity contribution in [3.05, 3.63) is 95.6 Å². The summed E-state index contributed by atoms with van der Waals surface area (Å²) in [6.45, 7) is 0.439. The summed E-state index contributed by atoms with van der Waals surface area (Å²) in [7, 11) is -3.70. The van der Waals surface area contributed by atoms with Gasteiger partial charge in [0, 0.05) is 18.7 Å². The van der Waals surface area contributed by atoms with Gasteiger partial charge in [-0.3, -0.25) is 4.98 Å². The van der Waals surface area contributed by atoms with E-state index in [1.54, 1.807) is 0 Å². The lowest BCUT2D eigenvalue weighted by atomic mass is 10.1. The van der Waals surface area contributed by atoms with Gasteiger partial charge in [0.25, 0.3) is 0 Å². The SMILES string of the molecule is O=S(=O)(c1ccc(F)cc1)N1CCC[C@H]1c1cccc(Cc2ccccc2)n1. The number of nitrogens with zero attached hydrogens (tertiary/aromatic N) is 2. The van der Waals surface area contributed by atoms with Crippen LogP contribution in [0.4, 0.5) is 4.39 Å². The minimum absolute atomic E-state index is 0.112. The van der Waals surface area contributed by atoms with Gasteiger partial charge in [0.1, 0.15) is 5.82 Å². The van der Waals surface area contributed by atoms with E-state index < -0.39 is 15.8 Å². The lowest BCUT2D eigenvalue weighted by molar-refractivity contribution is 0.390. The maximum atomic E-state index is 13.2. The van der Waals surface area contributed by atoms with E-state index in [4.69, 9.17) is 4.98 Å². The third-order valence-corrected chi connectivity index (χ3v) is 6.94. The van der Waals surface area contributed by atoms with E-state index in [9.17, 15) is 12.8 Å². The average molecular weight is 396 g/mol. The Bertz CT molecular complexity index is 1050. The maximum Gasteiger partial charge on any atom is 0.243 e. The van der Waals surface area contributed by atoms with Gasteiger partial charge in [-0.15, -0.1) is 0 Å². The van der Waals surface area contributed by atoms with Crippen LogP contribution in [0.1, 0.15) is 35.8 Å². The topological polar surface area (TPSA) is 50.3 Å². The Morgan fingerprint density at radius 1 is 0.964 bits per heavy atom. The van der Waals surface area contributed by atoms with Crippen LogP contribution >= 0.6 is 0 Å². The van der Waals surface area contributed by atoms with Gasteiger partial charge >= 0.3 is 0 Å². The Labute approximate surface area is 164 Å².